The number of aryl methyl sites for hydroxylation is 3. The van der Waals surface area contributed by atoms with Gasteiger partial charge in [-0.2, -0.15) is 0 Å². The van der Waals surface area contributed by atoms with Crippen molar-refractivity contribution in [1.82, 2.24) is 0 Å². The van der Waals surface area contributed by atoms with E-state index in [1.807, 2.05) is 13.0 Å². The van der Waals surface area contributed by atoms with Gasteiger partial charge in [-0.25, -0.2) is 4.79 Å². The fourth-order valence-electron chi connectivity index (χ4n) is 3.15. The number of hydrogen-bond acceptors (Lipinski definition) is 2. The molecule has 3 aromatic rings. The molecule has 1 heterocycles. The second-order valence-electron chi connectivity index (χ2n) is 6.76. The third kappa shape index (κ3) is 3.41. The minimum atomic E-state index is -0.274. The third-order valence-corrected chi connectivity index (χ3v) is 4.69. The van der Waals surface area contributed by atoms with Gasteiger partial charge in [0.05, 0.1) is 7.05 Å². The van der Waals surface area contributed by atoms with Gasteiger partial charge < -0.3 is 9.32 Å². The number of benzene rings is 2. The molecule has 0 saturated carbocycles. The zero-order valence-corrected chi connectivity index (χ0v) is 14.8. The van der Waals surface area contributed by atoms with E-state index in [2.05, 4.69) is 51.2 Å². The smallest absolute Gasteiger partial charge is 0.336 e. The molecule has 3 rings (SSSR count). The van der Waals surface area contributed by atoms with Crippen molar-refractivity contribution < 1.29 is 9.32 Å². The quantitative estimate of drug-likeness (QED) is 0.750. The van der Waals surface area contributed by atoms with Gasteiger partial charge in [-0.05, 0) is 49.6 Å². The van der Waals surface area contributed by atoms with E-state index in [1.165, 1.54) is 21.6 Å². The van der Waals surface area contributed by atoms with Crippen LogP contribution in [0.2, 0.25) is 0 Å². The van der Waals surface area contributed by atoms with Gasteiger partial charge in [0.2, 0.25) is 0 Å². The van der Waals surface area contributed by atoms with Crippen molar-refractivity contribution in [3.8, 4) is 0 Å². The highest BCUT2D eigenvalue weighted by Gasteiger charge is 2.13. The van der Waals surface area contributed by atoms with Crippen molar-refractivity contribution >= 4 is 11.0 Å². The Bertz CT molecular complexity index is 940. The summed E-state index contributed by atoms with van der Waals surface area (Å²) in [6.07, 6.45) is 0. The molecule has 24 heavy (non-hydrogen) atoms. The Kier molecular flexibility index (Phi) is 4.54. The second-order valence-corrected chi connectivity index (χ2v) is 6.76. The molecule has 1 unspecified atom stereocenters. The minimum Gasteiger partial charge on any atom is -0.423 e. The first-order valence-corrected chi connectivity index (χ1v) is 8.34. The monoisotopic (exact) mass is 322 g/mol. The highest BCUT2D eigenvalue weighted by Crippen LogP contribution is 2.21. The van der Waals surface area contributed by atoms with E-state index < -0.39 is 0 Å². The molecule has 0 saturated heterocycles. The van der Waals surface area contributed by atoms with E-state index >= 15 is 0 Å². The van der Waals surface area contributed by atoms with E-state index in [0.29, 0.717) is 5.58 Å². The summed E-state index contributed by atoms with van der Waals surface area (Å²) in [6, 6.07) is 14.2. The average Bonchev–Trinajstić information content (AvgIpc) is 2.51. The van der Waals surface area contributed by atoms with Gasteiger partial charge in [0.1, 0.15) is 18.7 Å². The number of quaternary nitrogens is 1. The lowest BCUT2D eigenvalue weighted by Crippen LogP contribution is -3.06. The molecule has 1 atom stereocenters. The van der Waals surface area contributed by atoms with Crippen LogP contribution < -0.4 is 10.5 Å². The summed E-state index contributed by atoms with van der Waals surface area (Å²) in [7, 11) is 2.16. The highest BCUT2D eigenvalue weighted by molar-refractivity contribution is 5.81. The Morgan fingerprint density at radius 1 is 0.875 bits per heavy atom. The van der Waals surface area contributed by atoms with Gasteiger partial charge in [0, 0.05) is 22.6 Å². The van der Waals surface area contributed by atoms with Gasteiger partial charge in [0.15, 0.2) is 0 Å². The lowest BCUT2D eigenvalue weighted by Gasteiger charge is -2.16. The molecule has 0 aliphatic heterocycles. The van der Waals surface area contributed by atoms with Gasteiger partial charge in [-0.3, -0.25) is 0 Å². The zero-order valence-electron chi connectivity index (χ0n) is 14.8. The van der Waals surface area contributed by atoms with E-state index in [-0.39, 0.29) is 5.63 Å². The fourth-order valence-corrected chi connectivity index (χ4v) is 3.15. The molecule has 3 nitrogen and oxygen atoms in total. The molecule has 0 bridgehead atoms. The SMILES string of the molecule is Cc1cc2oc(=O)cc(C[NH+](C)Cc3ccccc3C)c2cc1C. The van der Waals surface area contributed by atoms with Crippen molar-refractivity contribution in [2.24, 2.45) is 0 Å². The molecule has 0 radical (unpaired) electrons. The normalized spacial score (nSPS) is 12.5. The summed E-state index contributed by atoms with van der Waals surface area (Å²) in [5, 5.41) is 1.04. The van der Waals surface area contributed by atoms with Crippen LogP contribution in [0.1, 0.15) is 27.8 Å². The summed E-state index contributed by atoms with van der Waals surface area (Å²) in [5.74, 6) is 0. The molecule has 0 aliphatic carbocycles. The Morgan fingerprint density at radius 2 is 1.54 bits per heavy atom. The summed E-state index contributed by atoms with van der Waals surface area (Å²) >= 11 is 0. The zero-order chi connectivity index (χ0) is 17.3. The first-order chi connectivity index (χ1) is 11.4. The predicted molar refractivity (Wildman–Crippen MR) is 97.4 cm³/mol. The summed E-state index contributed by atoms with van der Waals surface area (Å²) in [5.41, 5.74) is 6.47. The molecule has 0 aliphatic rings. The first-order valence-electron chi connectivity index (χ1n) is 8.34. The van der Waals surface area contributed by atoms with Crippen LogP contribution in [0.25, 0.3) is 11.0 Å². The van der Waals surface area contributed by atoms with Crippen LogP contribution in [-0.2, 0) is 13.1 Å². The lowest BCUT2D eigenvalue weighted by molar-refractivity contribution is -0.907. The van der Waals surface area contributed by atoms with Crippen molar-refractivity contribution in [3.63, 3.8) is 0 Å². The van der Waals surface area contributed by atoms with E-state index in [1.54, 1.807) is 6.07 Å². The number of rotatable bonds is 4. The fraction of sp³-hybridized carbons (Fsp3) is 0.286. The van der Waals surface area contributed by atoms with E-state index in [9.17, 15) is 4.79 Å². The van der Waals surface area contributed by atoms with E-state index in [4.69, 9.17) is 4.42 Å². The summed E-state index contributed by atoms with van der Waals surface area (Å²) in [6.45, 7) is 7.99. The van der Waals surface area contributed by atoms with Gasteiger partial charge in [-0.1, -0.05) is 24.3 Å². The molecule has 0 fully saturated rings. The Morgan fingerprint density at radius 3 is 2.29 bits per heavy atom. The van der Waals surface area contributed by atoms with E-state index in [0.717, 1.165) is 29.6 Å². The maximum atomic E-state index is 11.9. The van der Waals surface area contributed by atoms with Gasteiger partial charge in [-0.15, -0.1) is 0 Å². The van der Waals surface area contributed by atoms with Crippen molar-refractivity contribution in [3.05, 3.63) is 80.7 Å². The van der Waals surface area contributed by atoms with Crippen LogP contribution in [-0.4, -0.2) is 7.05 Å². The number of fused-ring (bicyclic) bond motifs is 1. The van der Waals surface area contributed by atoms with Crippen molar-refractivity contribution in [2.75, 3.05) is 7.05 Å². The molecule has 2 aromatic carbocycles. The molecule has 124 valence electrons. The Labute approximate surface area is 142 Å². The second kappa shape index (κ2) is 6.62. The van der Waals surface area contributed by atoms with Gasteiger partial charge >= 0.3 is 5.63 Å². The molecule has 1 aromatic heterocycles. The van der Waals surface area contributed by atoms with Crippen LogP contribution >= 0.6 is 0 Å². The summed E-state index contributed by atoms with van der Waals surface area (Å²) in [4.78, 5) is 13.3. The molecule has 1 N–H and O–H groups in total. The highest BCUT2D eigenvalue weighted by atomic mass is 16.4. The van der Waals surface area contributed by atoms with Crippen LogP contribution in [0.4, 0.5) is 0 Å². The van der Waals surface area contributed by atoms with Crippen molar-refractivity contribution in [1.29, 1.82) is 0 Å². The maximum absolute atomic E-state index is 11.9. The van der Waals surface area contributed by atoms with Crippen LogP contribution in [0.15, 0.2) is 51.7 Å². The topological polar surface area (TPSA) is 34.6 Å². The van der Waals surface area contributed by atoms with Crippen LogP contribution in [0, 0.1) is 20.8 Å². The molecule has 3 heteroatoms. The third-order valence-electron chi connectivity index (χ3n) is 4.69. The predicted octanol–water partition coefficient (Wildman–Crippen LogP) is 2.93. The minimum absolute atomic E-state index is 0.274. The van der Waals surface area contributed by atoms with Gasteiger partial charge in [0.25, 0.3) is 0 Å². The summed E-state index contributed by atoms with van der Waals surface area (Å²) < 4.78 is 5.39. The first kappa shape index (κ1) is 16.5. The Balaban J connectivity index is 1.93. The number of hydrogen-bond donors (Lipinski definition) is 1. The van der Waals surface area contributed by atoms with Crippen molar-refractivity contribution in [2.45, 2.75) is 33.9 Å². The average molecular weight is 322 g/mol. The van der Waals surface area contributed by atoms with Crippen LogP contribution in [0.3, 0.4) is 0 Å². The number of nitrogens with one attached hydrogen (secondary N) is 1. The molecule has 0 amide bonds. The Hall–Kier alpha value is -2.39. The largest absolute Gasteiger partial charge is 0.423 e. The van der Waals surface area contributed by atoms with Crippen LogP contribution in [0.5, 0.6) is 0 Å². The standard InChI is InChI=1S/C21H23NO2/c1-14-7-5-6-8-17(14)12-22(4)13-18-11-21(23)24-20-10-16(3)15(2)9-19(18)20/h5-11H,12-13H2,1-4H3/p+1. The molecular weight excluding hydrogens is 298 g/mol. The lowest BCUT2D eigenvalue weighted by atomic mass is 10.0. The molecular formula is C21H24NO2+. The maximum Gasteiger partial charge on any atom is 0.336 e. The molecule has 0 spiro atoms.